The van der Waals surface area contributed by atoms with Gasteiger partial charge in [0.1, 0.15) is 11.5 Å². The molecule has 0 radical (unpaired) electrons. The first-order valence-electron chi connectivity index (χ1n) is 9.68. The molecular weight excluding hydrogens is 356 g/mol. The van der Waals surface area contributed by atoms with Crippen LogP contribution in [-0.2, 0) is 11.2 Å². The normalized spacial score (nSPS) is 13.3. The van der Waals surface area contributed by atoms with Gasteiger partial charge in [0.25, 0.3) is 0 Å². The third-order valence-corrected chi connectivity index (χ3v) is 4.94. The average molecular weight is 382 g/mol. The molecule has 1 aliphatic rings. The Balaban J connectivity index is 2.10. The fraction of sp³-hybridized carbons (Fsp3) is 0.391. The van der Waals surface area contributed by atoms with E-state index in [9.17, 15) is 14.7 Å². The quantitative estimate of drug-likeness (QED) is 0.657. The zero-order chi connectivity index (χ0) is 20.3. The second kappa shape index (κ2) is 8.05. The second-order valence-corrected chi connectivity index (χ2v) is 7.54. The molecule has 3 rings (SSSR count). The Labute approximate surface area is 165 Å². The van der Waals surface area contributed by atoms with Crippen LogP contribution in [0.1, 0.15) is 56.0 Å². The maximum Gasteiger partial charge on any atom is 0.347 e. The summed E-state index contributed by atoms with van der Waals surface area (Å²) in [7, 11) is 0. The number of carboxylic acid groups (broad SMARTS) is 1. The lowest BCUT2D eigenvalue weighted by Gasteiger charge is -2.24. The van der Waals surface area contributed by atoms with Crippen LogP contribution in [0.3, 0.4) is 0 Å². The van der Waals surface area contributed by atoms with E-state index >= 15 is 0 Å². The molecular formula is C23H26O5. The van der Waals surface area contributed by atoms with Crippen molar-refractivity contribution < 1.29 is 24.2 Å². The Bertz CT molecular complexity index is 898. The Morgan fingerprint density at radius 1 is 1.07 bits per heavy atom. The summed E-state index contributed by atoms with van der Waals surface area (Å²) in [5, 5.41) is 9.49. The molecule has 0 saturated carbocycles. The summed E-state index contributed by atoms with van der Waals surface area (Å²) in [5.74, 6) is 0.0934. The second-order valence-electron chi connectivity index (χ2n) is 7.54. The standard InChI is InChI=1S/C23H26O5/c1-4-5-12-27-20-9-7-6-8-16(20)18-13-15-10-11-19(24)17(15)14-21(18)28-23(2,3)22(25)26/h6-9,13-14H,4-5,10-12H2,1-3H3,(H,25,26). The highest BCUT2D eigenvalue weighted by Crippen LogP contribution is 2.41. The third-order valence-electron chi connectivity index (χ3n) is 4.94. The van der Waals surface area contributed by atoms with Gasteiger partial charge in [-0.25, -0.2) is 4.79 Å². The zero-order valence-electron chi connectivity index (χ0n) is 16.6. The van der Waals surface area contributed by atoms with E-state index in [1.54, 1.807) is 6.07 Å². The molecule has 0 unspecified atom stereocenters. The summed E-state index contributed by atoms with van der Waals surface area (Å²) in [6, 6.07) is 11.3. The minimum atomic E-state index is -1.43. The highest BCUT2D eigenvalue weighted by Gasteiger charge is 2.32. The number of benzene rings is 2. The minimum absolute atomic E-state index is 0.0620. The molecule has 5 heteroatoms. The van der Waals surface area contributed by atoms with Gasteiger partial charge in [0.15, 0.2) is 11.4 Å². The molecule has 0 atom stereocenters. The van der Waals surface area contributed by atoms with E-state index < -0.39 is 11.6 Å². The summed E-state index contributed by atoms with van der Waals surface area (Å²) in [4.78, 5) is 23.8. The maximum atomic E-state index is 12.2. The number of ether oxygens (including phenoxy) is 2. The van der Waals surface area contributed by atoms with Crippen molar-refractivity contribution in [3.63, 3.8) is 0 Å². The van der Waals surface area contributed by atoms with E-state index in [1.165, 1.54) is 13.8 Å². The maximum absolute atomic E-state index is 12.2. The molecule has 2 aromatic rings. The first kappa shape index (κ1) is 19.9. The highest BCUT2D eigenvalue weighted by atomic mass is 16.5. The topological polar surface area (TPSA) is 72.8 Å². The summed E-state index contributed by atoms with van der Waals surface area (Å²) >= 11 is 0. The number of para-hydroxylation sites is 1. The van der Waals surface area contributed by atoms with Gasteiger partial charge in [-0.1, -0.05) is 31.5 Å². The number of Topliss-reactive ketones (excluding diaryl/α,β-unsaturated/α-hetero) is 1. The molecule has 1 aliphatic carbocycles. The Morgan fingerprint density at radius 3 is 2.54 bits per heavy atom. The Hall–Kier alpha value is -2.82. The predicted octanol–water partition coefficient (Wildman–Crippen LogP) is 4.90. The summed E-state index contributed by atoms with van der Waals surface area (Å²) in [6.07, 6.45) is 3.13. The molecule has 0 aromatic heterocycles. The van der Waals surface area contributed by atoms with Crippen LogP contribution in [0.5, 0.6) is 11.5 Å². The predicted molar refractivity (Wildman–Crippen MR) is 107 cm³/mol. The smallest absolute Gasteiger partial charge is 0.347 e. The fourth-order valence-electron chi connectivity index (χ4n) is 3.23. The van der Waals surface area contributed by atoms with Crippen LogP contribution >= 0.6 is 0 Å². The molecule has 0 amide bonds. The number of aryl methyl sites for hydroxylation is 1. The van der Waals surface area contributed by atoms with E-state index in [0.717, 1.165) is 35.3 Å². The van der Waals surface area contributed by atoms with Crippen molar-refractivity contribution in [3.05, 3.63) is 47.5 Å². The van der Waals surface area contributed by atoms with E-state index in [4.69, 9.17) is 9.47 Å². The van der Waals surface area contributed by atoms with Crippen molar-refractivity contribution in [2.75, 3.05) is 6.61 Å². The van der Waals surface area contributed by atoms with Gasteiger partial charge < -0.3 is 14.6 Å². The van der Waals surface area contributed by atoms with Crippen LogP contribution in [0.2, 0.25) is 0 Å². The van der Waals surface area contributed by atoms with Crippen molar-refractivity contribution in [1.29, 1.82) is 0 Å². The van der Waals surface area contributed by atoms with Crippen LogP contribution in [0.15, 0.2) is 36.4 Å². The van der Waals surface area contributed by atoms with Crippen molar-refractivity contribution in [3.8, 4) is 22.6 Å². The van der Waals surface area contributed by atoms with Crippen LogP contribution in [0, 0.1) is 0 Å². The van der Waals surface area contributed by atoms with Gasteiger partial charge in [-0.15, -0.1) is 0 Å². The molecule has 1 N–H and O–H groups in total. The molecule has 0 aliphatic heterocycles. The monoisotopic (exact) mass is 382 g/mol. The number of aliphatic carboxylic acids is 1. The zero-order valence-corrected chi connectivity index (χ0v) is 16.6. The average Bonchev–Trinajstić information content (AvgIpc) is 3.01. The van der Waals surface area contributed by atoms with Gasteiger partial charge in [0.2, 0.25) is 0 Å². The SMILES string of the molecule is CCCCOc1ccccc1-c1cc2c(cc1OC(C)(C)C(=O)O)C(=O)CC2. The first-order valence-corrected chi connectivity index (χ1v) is 9.68. The Kier molecular flexibility index (Phi) is 5.73. The number of rotatable bonds is 8. The van der Waals surface area contributed by atoms with Gasteiger partial charge in [0.05, 0.1) is 6.61 Å². The lowest BCUT2D eigenvalue weighted by Crippen LogP contribution is -2.38. The first-order chi connectivity index (χ1) is 13.3. The van der Waals surface area contributed by atoms with Crippen molar-refractivity contribution >= 4 is 11.8 Å². The van der Waals surface area contributed by atoms with Gasteiger partial charge in [-0.05, 0) is 50.5 Å². The lowest BCUT2D eigenvalue weighted by molar-refractivity contribution is -0.152. The van der Waals surface area contributed by atoms with Gasteiger partial charge in [0, 0.05) is 23.1 Å². The summed E-state index contributed by atoms with van der Waals surface area (Å²) in [6.45, 7) is 5.70. The van der Waals surface area contributed by atoms with E-state index in [0.29, 0.717) is 30.8 Å². The van der Waals surface area contributed by atoms with Crippen molar-refractivity contribution in [1.82, 2.24) is 0 Å². The van der Waals surface area contributed by atoms with Crippen LogP contribution < -0.4 is 9.47 Å². The van der Waals surface area contributed by atoms with E-state index in [-0.39, 0.29) is 5.78 Å². The van der Waals surface area contributed by atoms with Gasteiger partial charge in [-0.3, -0.25) is 4.79 Å². The number of carbonyl (C=O) groups is 2. The number of fused-ring (bicyclic) bond motifs is 1. The van der Waals surface area contributed by atoms with E-state index in [2.05, 4.69) is 6.92 Å². The van der Waals surface area contributed by atoms with Crippen molar-refractivity contribution in [2.45, 2.75) is 52.1 Å². The minimum Gasteiger partial charge on any atom is -0.493 e. The highest BCUT2D eigenvalue weighted by molar-refractivity contribution is 6.02. The van der Waals surface area contributed by atoms with Gasteiger partial charge in [-0.2, -0.15) is 0 Å². The molecule has 2 aromatic carbocycles. The molecule has 0 heterocycles. The van der Waals surface area contributed by atoms with Crippen LogP contribution in [0.4, 0.5) is 0 Å². The van der Waals surface area contributed by atoms with Crippen LogP contribution in [-0.4, -0.2) is 29.1 Å². The summed E-state index contributed by atoms with van der Waals surface area (Å²) in [5.41, 5.74) is 1.72. The van der Waals surface area contributed by atoms with Crippen molar-refractivity contribution in [2.24, 2.45) is 0 Å². The molecule has 148 valence electrons. The molecule has 28 heavy (non-hydrogen) atoms. The van der Waals surface area contributed by atoms with E-state index in [1.807, 2.05) is 30.3 Å². The molecule has 0 saturated heterocycles. The number of carbonyl (C=O) groups excluding carboxylic acids is 1. The molecule has 5 nitrogen and oxygen atoms in total. The lowest BCUT2D eigenvalue weighted by atomic mass is 9.97. The number of hydrogen-bond acceptors (Lipinski definition) is 4. The molecule has 0 spiro atoms. The number of carboxylic acids is 1. The fourth-order valence-corrected chi connectivity index (χ4v) is 3.23. The van der Waals surface area contributed by atoms with Crippen LogP contribution in [0.25, 0.3) is 11.1 Å². The molecule has 0 bridgehead atoms. The summed E-state index contributed by atoms with van der Waals surface area (Å²) < 4.78 is 11.9. The van der Waals surface area contributed by atoms with Gasteiger partial charge >= 0.3 is 5.97 Å². The number of ketones is 1. The largest absolute Gasteiger partial charge is 0.493 e. The number of hydrogen-bond donors (Lipinski definition) is 1. The molecule has 0 fully saturated rings. The third kappa shape index (κ3) is 4.03. The Morgan fingerprint density at radius 2 is 1.82 bits per heavy atom. The number of unbranched alkanes of at least 4 members (excludes halogenated alkanes) is 1.